The predicted octanol–water partition coefficient (Wildman–Crippen LogP) is -0.536. The van der Waals surface area contributed by atoms with Gasteiger partial charge in [0.05, 0.1) is 6.61 Å². The fourth-order valence-corrected chi connectivity index (χ4v) is 1.99. The molecule has 0 saturated carbocycles. The maximum atomic E-state index is 11.8. The Morgan fingerprint density at radius 1 is 1.28 bits per heavy atom. The first-order valence-electron chi connectivity index (χ1n) is 6.48. The van der Waals surface area contributed by atoms with Gasteiger partial charge in [-0.05, 0) is 6.42 Å². The zero-order chi connectivity index (χ0) is 13.7. The molecular formula is C12H23NO5. The number of rotatable bonds is 5. The Balaban J connectivity index is 2.74. The van der Waals surface area contributed by atoms with Gasteiger partial charge < -0.3 is 25.0 Å². The smallest absolute Gasteiger partial charge is 0.224 e. The molecule has 6 nitrogen and oxygen atoms in total. The number of nitrogens with zero attached hydrogens (tertiary/aromatic N) is 1. The van der Waals surface area contributed by atoms with E-state index in [-0.39, 0.29) is 12.5 Å². The van der Waals surface area contributed by atoms with E-state index in [2.05, 4.69) is 0 Å². The Morgan fingerprint density at radius 2 is 1.94 bits per heavy atom. The molecule has 1 aliphatic rings. The van der Waals surface area contributed by atoms with E-state index in [0.717, 1.165) is 12.8 Å². The third-order valence-corrected chi connectivity index (χ3v) is 3.16. The highest BCUT2D eigenvalue weighted by atomic mass is 16.5. The van der Waals surface area contributed by atoms with Crippen LogP contribution in [0, 0.1) is 0 Å². The van der Waals surface area contributed by atoms with Crippen LogP contribution in [0.25, 0.3) is 0 Å². The average molecular weight is 261 g/mol. The van der Waals surface area contributed by atoms with Crippen LogP contribution in [0.3, 0.4) is 0 Å². The lowest BCUT2D eigenvalue weighted by Crippen LogP contribution is -2.60. The van der Waals surface area contributed by atoms with Crippen molar-refractivity contribution in [2.24, 2.45) is 0 Å². The molecule has 0 radical (unpaired) electrons. The van der Waals surface area contributed by atoms with E-state index in [0.29, 0.717) is 13.0 Å². The highest BCUT2D eigenvalue weighted by Crippen LogP contribution is 2.20. The SMILES string of the molecule is CCCCN(C(=O)CC)C1OCC(O)C(O)C1O. The van der Waals surface area contributed by atoms with Crippen molar-refractivity contribution in [1.29, 1.82) is 0 Å². The summed E-state index contributed by atoms with van der Waals surface area (Å²) >= 11 is 0. The summed E-state index contributed by atoms with van der Waals surface area (Å²) in [5.41, 5.74) is 0. The van der Waals surface area contributed by atoms with E-state index >= 15 is 0 Å². The molecule has 1 saturated heterocycles. The van der Waals surface area contributed by atoms with Crippen molar-refractivity contribution in [3.05, 3.63) is 0 Å². The largest absolute Gasteiger partial charge is 0.388 e. The zero-order valence-corrected chi connectivity index (χ0v) is 11.0. The van der Waals surface area contributed by atoms with Gasteiger partial charge in [-0.3, -0.25) is 4.79 Å². The summed E-state index contributed by atoms with van der Waals surface area (Å²) in [4.78, 5) is 13.3. The molecule has 4 atom stereocenters. The maximum absolute atomic E-state index is 11.8. The van der Waals surface area contributed by atoms with Crippen molar-refractivity contribution in [2.75, 3.05) is 13.2 Å². The van der Waals surface area contributed by atoms with Crippen LogP contribution in [-0.2, 0) is 9.53 Å². The van der Waals surface area contributed by atoms with Gasteiger partial charge >= 0.3 is 0 Å². The van der Waals surface area contributed by atoms with Crippen LogP contribution in [-0.4, -0.2) is 63.8 Å². The minimum absolute atomic E-state index is 0.0808. The molecule has 0 aromatic heterocycles. The molecule has 0 aromatic carbocycles. The third kappa shape index (κ3) is 3.41. The summed E-state index contributed by atoms with van der Waals surface area (Å²) in [7, 11) is 0. The summed E-state index contributed by atoms with van der Waals surface area (Å²) in [5, 5.41) is 28.9. The second kappa shape index (κ2) is 7.04. The summed E-state index contributed by atoms with van der Waals surface area (Å²) in [6.45, 7) is 4.14. The van der Waals surface area contributed by atoms with E-state index in [1.165, 1.54) is 4.90 Å². The molecule has 1 heterocycles. The van der Waals surface area contributed by atoms with E-state index in [4.69, 9.17) is 4.74 Å². The molecule has 0 spiro atoms. The van der Waals surface area contributed by atoms with E-state index in [9.17, 15) is 20.1 Å². The van der Waals surface area contributed by atoms with Crippen LogP contribution < -0.4 is 0 Å². The van der Waals surface area contributed by atoms with E-state index < -0.39 is 24.5 Å². The van der Waals surface area contributed by atoms with E-state index in [1.54, 1.807) is 6.92 Å². The van der Waals surface area contributed by atoms with Crippen molar-refractivity contribution in [3.63, 3.8) is 0 Å². The monoisotopic (exact) mass is 261 g/mol. The maximum Gasteiger partial charge on any atom is 0.224 e. The number of aliphatic hydroxyl groups excluding tert-OH is 3. The van der Waals surface area contributed by atoms with Crippen molar-refractivity contribution in [2.45, 2.75) is 57.6 Å². The van der Waals surface area contributed by atoms with Crippen LogP contribution in [0.4, 0.5) is 0 Å². The van der Waals surface area contributed by atoms with Gasteiger partial charge in [0, 0.05) is 13.0 Å². The van der Waals surface area contributed by atoms with Crippen molar-refractivity contribution >= 4 is 5.91 Å². The number of hydrogen-bond acceptors (Lipinski definition) is 5. The highest BCUT2D eigenvalue weighted by molar-refractivity contribution is 5.76. The van der Waals surface area contributed by atoms with Gasteiger partial charge in [-0.25, -0.2) is 0 Å². The second-order valence-corrected chi connectivity index (χ2v) is 4.57. The molecule has 1 rings (SSSR count). The lowest BCUT2D eigenvalue weighted by Gasteiger charge is -2.41. The quantitative estimate of drug-likeness (QED) is 0.618. The van der Waals surface area contributed by atoms with Crippen LogP contribution in [0.15, 0.2) is 0 Å². The molecule has 4 unspecified atom stereocenters. The van der Waals surface area contributed by atoms with Gasteiger partial charge in [0.25, 0.3) is 0 Å². The summed E-state index contributed by atoms with van der Waals surface area (Å²) in [6.07, 6.45) is -2.50. The highest BCUT2D eigenvalue weighted by Gasteiger charge is 2.41. The molecule has 3 N–H and O–H groups in total. The number of carbonyl (C=O) groups excluding carboxylic acids is 1. The number of aliphatic hydroxyl groups is 3. The fourth-order valence-electron chi connectivity index (χ4n) is 1.99. The number of ether oxygens (including phenoxy) is 1. The zero-order valence-electron chi connectivity index (χ0n) is 11.0. The lowest BCUT2D eigenvalue weighted by molar-refractivity contribution is -0.228. The van der Waals surface area contributed by atoms with Gasteiger partial charge in [0.1, 0.15) is 18.3 Å². The molecule has 6 heteroatoms. The molecule has 1 amide bonds. The lowest BCUT2D eigenvalue weighted by atomic mass is 10.0. The topological polar surface area (TPSA) is 90.2 Å². The Morgan fingerprint density at radius 3 is 2.50 bits per heavy atom. The fraction of sp³-hybridized carbons (Fsp3) is 0.917. The summed E-state index contributed by atoms with van der Waals surface area (Å²) < 4.78 is 5.30. The van der Waals surface area contributed by atoms with Crippen molar-refractivity contribution in [3.8, 4) is 0 Å². The predicted molar refractivity (Wildman–Crippen MR) is 64.7 cm³/mol. The Labute approximate surface area is 107 Å². The van der Waals surface area contributed by atoms with Gasteiger partial charge in [-0.1, -0.05) is 20.3 Å². The summed E-state index contributed by atoms with van der Waals surface area (Å²) in [6, 6.07) is 0. The minimum Gasteiger partial charge on any atom is -0.388 e. The number of carbonyl (C=O) groups is 1. The van der Waals surface area contributed by atoms with Gasteiger partial charge in [0.2, 0.25) is 5.91 Å². The Hall–Kier alpha value is -0.690. The first kappa shape index (κ1) is 15.4. The molecule has 0 bridgehead atoms. The molecule has 18 heavy (non-hydrogen) atoms. The van der Waals surface area contributed by atoms with Gasteiger partial charge in [-0.15, -0.1) is 0 Å². The standard InChI is InChI=1S/C12H23NO5/c1-3-5-6-13(9(15)4-2)12-11(17)10(16)8(14)7-18-12/h8,10-12,14,16-17H,3-7H2,1-2H3. The molecule has 106 valence electrons. The Bertz CT molecular complexity index is 273. The van der Waals surface area contributed by atoms with Crippen LogP contribution >= 0.6 is 0 Å². The first-order valence-corrected chi connectivity index (χ1v) is 6.48. The molecule has 1 aliphatic heterocycles. The molecular weight excluding hydrogens is 238 g/mol. The van der Waals surface area contributed by atoms with Crippen molar-refractivity contribution < 1.29 is 24.9 Å². The average Bonchev–Trinajstić information content (AvgIpc) is 2.38. The normalized spacial score (nSPS) is 32.3. The molecule has 1 fully saturated rings. The summed E-state index contributed by atoms with van der Waals surface area (Å²) in [5.74, 6) is -0.129. The van der Waals surface area contributed by atoms with Crippen LogP contribution in [0.2, 0.25) is 0 Å². The Kier molecular flexibility index (Phi) is 6.01. The van der Waals surface area contributed by atoms with Crippen LogP contribution in [0.1, 0.15) is 33.1 Å². The van der Waals surface area contributed by atoms with Gasteiger partial charge in [0.15, 0.2) is 6.23 Å². The number of hydrogen-bond donors (Lipinski definition) is 3. The van der Waals surface area contributed by atoms with Gasteiger partial charge in [-0.2, -0.15) is 0 Å². The van der Waals surface area contributed by atoms with Crippen molar-refractivity contribution in [1.82, 2.24) is 4.90 Å². The van der Waals surface area contributed by atoms with Crippen LogP contribution in [0.5, 0.6) is 0 Å². The third-order valence-electron chi connectivity index (χ3n) is 3.16. The van der Waals surface area contributed by atoms with E-state index in [1.807, 2.05) is 6.92 Å². The number of amides is 1. The number of unbranched alkanes of at least 4 members (excludes halogenated alkanes) is 1. The second-order valence-electron chi connectivity index (χ2n) is 4.57. The minimum atomic E-state index is -1.28. The first-order chi connectivity index (χ1) is 8.52. The molecule has 0 aromatic rings. The molecule has 0 aliphatic carbocycles.